The van der Waals surface area contributed by atoms with Crippen LogP contribution in [-0.2, 0) is 4.79 Å². The van der Waals surface area contributed by atoms with Gasteiger partial charge in [-0.25, -0.2) is 4.98 Å². The fourth-order valence-electron chi connectivity index (χ4n) is 6.36. The maximum Gasteiger partial charge on any atom is 0.232 e. The molecule has 0 radical (unpaired) electrons. The van der Waals surface area contributed by atoms with Crippen LogP contribution in [0.25, 0.3) is 21.0 Å². The Balaban J connectivity index is 1.35. The third kappa shape index (κ3) is 2.46. The van der Waals surface area contributed by atoms with E-state index in [1.807, 2.05) is 12.1 Å². The van der Waals surface area contributed by atoms with Crippen LogP contribution in [0.2, 0.25) is 0 Å². The standard InChI is InChI=1S/C22H21ClN2OS/c23-22-10-13-7-14(11-22)9-21(8-13,12-22)19(26)25-20-24-18-16-4-2-1-3-15(16)5-6-17(18)27-20/h1-6,13-14H,7-12H2,(H,24,25,26)/t13-,14+,21?,22?. The van der Waals surface area contributed by atoms with E-state index in [4.69, 9.17) is 16.6 Å². The number of rotatable bonds is 2. The molecule has 4 saturated carbocycles. The molecule has 4 aliphatic carbocycles. The van der Waals surface area contributed by atoms with Gasteiger partial charge in [0, 0.05) is 10.3 Å². The highest BCUT2D eigenvalue weighted by Gasteiger charge is 2.60. The van der Waals surface area contributed by atoms with Crippen molar-refractivity contribution >= 4 is 55.0 Å². The summed E-state index contributed by atoms with van der Waals surface area (Å²) in [5.41, 5.74) is 0.693. The fourth-order valence-corrected chi connectivity index (χ4v) is 7.93. The van der Waals surface area contributed by atoms with Crippen LogP contribution in [0.4, 0.5) is 5.13 Å². The Bertz CT molecular complexity index is 1080. The van der Waals surface area contributed by atoms with Gasteiger partial charge in [0.25, 0.3) is 0 Å². The number of hydrogen-bond acceptors (Lipinski definition) is 3. The van der Waals surface area contributed by atoms with E-state index in [2.05, 4.69) is 29.6 Å². The number of carbonyl (C=O) groups excluding carboxylic acids is 1. The molecule has 3 nitrogen and oxygen atoms in total. The topological polar surface area (TPSA) is 42.0 Å². The monoisotopic (exact) mass is 396 g/mol. The molecule has 2 aromatic carbocycles. The van der Waals surface area contributed by atoms with Crippen molar-refractivity contribution in [3.63, 3.8) is 0 Å². The zero-order valence-electron chi connectivity index (χ0n) is 15.0. The minimum absolute atomic E-state index is 0.144. The van der Waals surface area contributed by atoms with Crippen molar-refractivity contribution in [2.45, 2.75) is 43.4 Å². The number of halogens is 1. The van der Waals surface area contributed by atoms with E-state index in [0.717, 1.165) is 47.7 Å². The average molecular weight is 397 g/mol. The lowest BCUT2D eigenvalue weighted by atomic mass is 9.49. The SMILES string of the molecule is O=C(Nc1nc2c(ccc3ccccc32)s1)C12C[C@@H]3C[C@@H](CC(Cl)(C3)C1)C2. The largest absolute Gasteiger partial charge is 0.301 e. The van der Waals surface area contributed by atoms with Gasteiger partial charge in [-0.2, -0.15) is 0 Å². The number of fused-ring (bicyclic) bond motifs is 3. The summed E-state index contributed by atoms with van der Waals surface area (Å²) < 4.78 is 1.11. The number of carbonyl (C=O) groups is 1. The molecule has 3 aromatic rings. The van der Waals surface area contributed by atoms with Crippen LogP contribution >= 0.6 is 22.9 Å². The van der Waals surface area contributed by atoms with Crippen LogP contribution < -0.4 is 5.32 Å². The van der Waals surface area contributed by atoms with Gasteiger partial charge in [-0.05, 0) is 61.8 Å². The summed E-state index contributed by atoms with van der Waals surface area (Å²) in [6.07, 6.45) is 6.26. The number of thiazole rings is 1. The Kier molecular flexibility index (Phi) is 3.29. The van der Waals surface area contributed by atoms with Crippen LogP contribution in [0.1, 0.15) is 38.5 Å². The first-order valence-electron chi connectivity index (χ1n) is 9.81. The number of alkyl halides is 1. The lowest BCUT2D eigenvalue weighted by molar-refractivity contribution is -0.138. The lowest BCUT2D eigenvalue weighted by Crippen LogP contribution is -2.57. The van der Waals surface area contributed by atoms with Crippen LogP contribution in [0.5, 0.6) is 0 Å². The van der Waals surface area contributed by atoms with Crippen LogP contribution in [0.3, 0.4) is 0 Å². The van der Waals surface area contributed by atoms with E-state index >= 15 is 0 Å². The van der Waals surface area contributed by atoms with Gasteiger partial charge in [0.2, 0.25) is 5.91 Å². The van der Waals surface area contributed by atoms with Gasteiger partial charge in [0.1, 0.15) is 0 Å². The van der Waals surface area contributed by atoms with Crippen molar-refractivity contribution in [1.29, 1.82) is 0 Å². The summed E-state index contributed by atoms with van der Waals surface area (Å²) in [5.74, 6) is 1.38. The number of anilines is 1. The summed E-state index contributed by atoms with van der Waals surface area (Å²) in [6.45, 7) is 0. The minimum Gasteiger partial charge on any atom is -0.301 e. The van der Waals surface area contributed by atoms with Gasteiger partial charge in [-0.3, -0.25) is 4.79 Å². The highest BCUT2D eigenvalue weighted by atomic mass is 35.5. The molecule has 4 atom stereocenters. The number of amides is 1. The molecule has 27 heavy (non-hydrogen) atoms. The molecule has 5 heteroatoms. The van der Waals surface area contributed by atoms with Crippen molar-refractivity contribution in [3.8, 4) is 0 Å². The minimum atomic E-state index is -0.286. The average Bonchev–Trinajstić information content (AvgIpc) is 3.02. The van der Waals surface area contributed by atoms with E-state index in [1.54, 1.807) is 11.3 Å². The molecule has 1 amide bonds. The molecule has 2 unspecified atom stereocenters. The van der Waals surface area contributed by atoms with E-state index in [-0.39, 0.29) is 16.2 Å². The third-order valence-electron chi connectivity index (χ3n) is 6.98. The van der Waals surface area contributed by atoms with E-state index < -0.39 is 0 Å². The van der Waals surface area contributed by atoms with Crippen molar-refractivity contribution in [3.05, 3.63) is 36.4 Å². The summed E-state index contributed by atoms with van der Waals surface area (Å²) in [5, 5.41) is 6.21. The molecule has 4 fully saturated rings. The van der Waals surface area contributed by atoms with Crippen molar-refractivity contribution in [2.75, 3.05) is 5.32 Å². The Morgan fingerprint density at radius 1 is 1.11 bits per heavy atom. The lowest BCUT2D eigenvalue weighted by Gasteiger charge is -2.59. The molecule has 0 aliphatic heterocycles. The Labute approximate surface area is 167 Å². The zero-order chi connectivity index (χ0) is 18.2. The van der Waals surface area contributed by atoms with Gasteiger partial charge < -0.3 is 5.32 Å². The second-order valence-corrected chi connectivity index (χ2v) is 10.8. The highest BCUT2D eigenvalue weighted by Crippen LogP contribution is 2.64. The maximum atomic E-state index is 13.3. The highest BCUT2D eigenvalue weighted by molar-refractivity contribution is 7.22. The van der Waals surface area contributed by atoms with Gasteiger partial charge in [-0.15, -0.1) is 11.6 Å². The van der Waals surface area contributed by atoms with Crippen LogP contribution in [-0.4, -0.2) is 15.8 Å². The predicted molar refractivity (Wildman–Crippen MR) is 111 cm³/mol. The predicted octanol–water partition coefficient (Wildman–Crippen LogP) is 5.97. The molecule has 1 N–H and O–H groups in total. The molecule has 0 saturated heterocycles. The molecular weight excluding hydrogens is 376 g/mol. The van der Waals surface area contributed by atoms with E-state index in [0.29, 0.717) is 17.0 Å². The molecular formula is C22H21ClN2OS. The number of nitrogens with zero attached hydrogens (tertiary/aromatic N) is 1. The van der Waals surface area contributed by atoms with Gasteiger partial charge in [0.15, 0.2) is 5.13 Å². The molecule has 138 valence electrons. The van der Waals surface area contributed by atoms with Gasteiger partial charge >= 0.3 is 0 Å². The number of nitrogens with one attached hydrogen (secondary N) is 1. The van der Waals surface area contributed by atoms with E-state index in [9.17, 15) is 4.79 Å². The van der Waals surface area contributed by atoms with Crippen LogP contribution in [0, 0.1) is 17.3 Å². The molecule has 4 bridgehead atoms. The smallest absolute Gasteiger partial charge is 0.232 e. The van der Waals surface area contributed by atoms with E-state index in [1.165, 1.54) is 11.8 Å². The number of aromatic nitrogens is 1. The summed E-state index contributed by atoms with van der Waals surface area (Å²) in [4.78, 5) is 18.0. The van der Waals surface area contributed by atoms with Gasteiger partial charge in [-0.1, -0.05) is 41.7 Å². The van der Waals surface area contributed by atoms with Crippen molar-refractivity contribution < 1.29 is 4.79 Å². The first-order valence-corrected chi connectivity index (χ1v) is 11.0. The second kappa shape index (κ2) is 5.45. The fraction of sp³-hybridized carbons (Fsp3) is 0.455. The molecule has 0 spiro atoms. The van der Waals surface area contributed by atoms with Crippen molar-refractivity contribution in [2.24, 2.45) is 17.3 Å². The first kappa shape index (κ1) is 16.3. The quantitative estimate of drug-likeness (QED) is 0.542. The second-order valence-electron chi connectivity index (χ2n) is 9.00. The molecule has 1 aromatic heterocycles. The van der Waals surface area contributed by atoms with Crippen molar-refractivity contribution in [1.82, 2.24) is 4.98 Å². The molecule has 1 heterocycles. The van der Waals surface area contributed by atoms with Crippen LogP contribution in [0.15, 0.2) is 36.4 Å². The number of benzene rings is 2. The summed E-state index contributed by atoms with van der Waals surface area (Å²) in [6, 6.07) is 12.5. The summed E-state index contributed by atoms with van der Waals surface area (Å²) >= 11 is 8.47. The van der Waals surface area contributed by atoms with Gasteiger partial charge in [0.05, 0.1) is 15.6 Å². The number of hydrogen-bond donors (Lipinski definition) is 1. The zero-order valence-corrected chi connectivity index (χ0v) is 16.6. The molecule has 7 rings (SSSR count). The Morgan fingerprint density at radius 3 is 2.67 bits per heavy atom. The summed E-state index contributed by atoms with van der Waals surface area (Å²) in [7, 11) is 0. The Morgan fingerprint density at radius 2 is 1.89 bits per heavy atom. The maximum absolute atomic E-state index is 13.3. The third-order valence-corrected chi connectivity index (χ3v) is 8.35. The normalized spacial score (nSPS) is 34.4. The Hall–Kier alpha value is -1.65. The molecule has 4 aliphatic rings. The first-order chi connectivity index (χ1) is 13.0.